The van der Waals surface area contributed by atoms with Crippen LogP contribution in [0.2, 0.25) is 0 Å². The lowest BCUT2D eigenvalue weighted by molar-refractivity contribution is -0.383. The Morgan fingerprint density at radius 2 is 2.37 bits per heavy atom. The quantitative estimate of drug-likeness (QED) is 0.476. The van der Waals surface area contributed by atoms with Crippen LogP contribution in [0.3, 0.4) is 0 Å². The van der Waals surface area contributed by atoms with Crippen molar-refractivity contribution in [1.29, 1.82) is 0 Å². The maximum atomic E-state index is 11.2. The number of nitro groups is 1. The average molecular weight is 267 g/mol. The van der Waals surface area contributed by atoms with Crippen LogP contribution in [-0.4, -0.2) is 41.9 Å². The fourth-order valence-corrected chi connectivity index (χ4v) is 2.24. The van der Waals surface area contributed by atoms with Crippen LogP contribution in [0.25, 0.3) is 0 Å². The predicted molar refractivity (Wildman–Crippen MR) is 71.1 cm³/mol. The fraction of sp³-hybridized carbons (Fsp3) is 0.500. The smallest absolute Gasteiger partial charge is 0.315 e. The van der Waals surface area contributed by atoms with Gasteiger partial charge in [-0.05, 0) is 19.1 Å². The Kier molecular flexibility index (Phi) is 3.87. The molecule has 19 heavy (non-hydrogen) atoms. The number of hydrogen-bond donors (Lipinski definition) is 2. The molecule has 0 saturated carbocycles. The van der Waals surface area contributed by atoms with Crippen molar-refractivity contribution in [1.82, 2.24) is 0 Å². The van der Waals surface area contributed by atoms with Gasteiger partial charge in [-0.2, -0.15) is 0 Å². The van der Waals surface area contributed by atoms with Gasteiger partial charge in [-0.3, -0.25) is 10.1 Å². The minimum atomic E-state index is -0.471. The summed E-state index contributed by atoms with van der Waals surface area (Å²) in [6.07, 6.45) is -0.336. The Morgan fingerprint density at radius 1 is 1.63 bits per heavy atom. The van der Waals surface area contributed by atoms with Crippen molar-refractivity contribution in [2.24, 2.45) is 0 Å². The molecule has 2 atom stereocenters. The number of benzene rings is 1. The highest BCUT2D eigenvalue weighted by Crippen LogP contribution is 2.35. The van der Waals surface area contributed by atoms with Crippen LogP contribution in [0.4, 0.5) is 17.1 Å². The molecule has 1 aromatic rings. The summed E-state index contributed by atoms with van der Waals surface area (Å²) in [7, 11) is 0. The molecule has 0 radical (unpaired) electrons. The highest BCUT2D eigenvalue weighted by Gasteiger charge is 2.31. The van der Waals surface area contributed by atoms with Crippen LogP contribution in [0, 0.1) is 10.1 Å². The van der Waals surface area contributed by atoms with E-state index in [1.807, 2.05) is 11.8 Å². The van der Waals surface area contributed by atoms with E-state index in [1.54, 1.807) is 12.1 Å². The van der Waals surface area contributed by atoms with Gasteiger partial charge in [-0.15, -0.1) is 0 Å². The van der Waals surface area contributed by atoms with Gasteiger partial charge in [0.2, 0.25) is 0 Å². The first-order valence-electron chi connectivity index (χ1n) is 6.06. The highest BCUT2D eigenvalue weighted by atomic mass is 16.6. The van der Waals surface area contributed by atoms with Crippen LogP contribution in [-0.2, 0) is 4.74 Å². The molecule has 0 spiro atoms. The number of nitrogen functional groups attached to an aromatic ring is 1. The third kappa shape index (κ3) is 2.61. The van der Waals surface area contributed by atoms with Crippen molar-refractivity contribution in [2.75, 3.05) is 30.4 Å². The Labute approximate surface area is 110 Å². The molecule has 0 aromatic heterocycles. The molecule has 0 aliphatic carbocycles. The second kappa shape index (κ2) is 5.41. The van der Waals surface area contributed by atoms with Gasteiger partial charge in [0.1, 0.15) is 11.4 Å². The van der Waals surface area contributed by atoms with E-state index in [9.17, 15) is 10.1 Å². The van der Waals surface area contributed by atoms with Gasteiger partial charge >= 0.3 is 5.69 Å². The van der Waals surface area contributed by atoms with E-state index in [-0.39, 0.29) is 30.1 Å². The number of morpholine rings is 1. The van der Waals surface area contributed by atoms with Gasteiger partial charge < -0.3 is 20.5 Å². The maximum absolute atomic E-state index is 11.2. The molecule has 2 unspecified atom stereocenters. The summed E-state index contributed by atoms with van der Waals surface area (Å²) < 4.78 is 5.43. The number of nitrogens with zero attached hydrogens (tertiary/aromatic N) is 2. The highest BCUT2D eigenvalue weighted by molar-refractivity contribution is 5.75. The third-order valence-corrected chi connectivity index (χ3v) is 3.25. The molecule has 7 nitrogen and oxygen atoms in total. The molecule has 0 amide bonds. The fourth-order valence-electron chi connectivity index (χ4n) is 2.24. The zero-order valence-corrected chi connectivity index (χ0v) is 10.7. The Hall–Kier alpha value is -1.86. The summed E-state index contributed by atoms with van der Waals surface area (Å²) in [5.41, 5.74) is 6.21. The van der Waals surface area contributed by atoms with E-state index in [4.69, 9.17) is 15.6 Å². The summed E-state index contributed by atoms with van der Waals surface area (Å²) in [4.78, 5) is 12.5. The van der Waals surface area contributed by atoms with Crippen molar-refractivity contribution >= 4 is 17.1 Å². The van der Waals surface area contributed by atoms with Gasteiger partial charge in [-0.25, -0.2) is 0 Å². The van der Waals surface area contributed by atoms with Crippen molar-refractivity contribution in [3.63, 3.8) is 0 Å². The molecule has 1 aromatic carbocycles. The van der Waals surface area contributed by atoms with Crippen molar-refractivity contribution in [2.45, 2.75) is 19.1 Å². The molecular formula is C12H17N3O4. The standard InChI is InChI=1S/C12H17N3O4/c1-8-7-19-9(6-16)5-14(8)11-4-2-3-10(13)12(11)15(17)18/h2-4,8-9,16H,5-7,13H2,1H3. The number of ether oxygens (including phenoxy) is 1. The molecule has 1 aliphatic heterocycles. The molecule has 1 aliphatic rings. The van der Waals surface area contributed by atoms with E-state index < -0.39 is 4.92 Å². The van der Waals surface area contributed by atoms with E-state index in [0.29, 0.717) is 18.8 Å². The number of hydrogen-bond acceptors (Lipinski definition) is 6. The first-order chi connectivity index (χ1) is 9.04. The predicted octanol–water partition coefficient (Wildman–Crippen LogP) is 0.763. The van der Waals surface area contributed by atoms with Crippen LogP contribution >= 0.6 is 0 Å². The largest absolute Gasteiger partial charge is 0.394 e. The van der Waals surface area contributed by atoms with E-state index in [1.165, 1.54) is 6.07 Å². The molecule has 1 saturated heterocycles. The summed E-state index contributed by atoms with van der Waals surface area (Å²) >= 11 is 0. The summed E-state index contributed by atoms with van der Waals surface area (Å²) in [6.45, 7) is 2.62. The molecular weight excluding hydrogens is 250 g/mol. The molecule has 7 heteroatoms. The number of nitrogens with two attached hydrogens (primary N) is 1. The Balaban J connectivity index is 2.39. The van der Waals surface area contributed by atoms with Crippen molar-refractivity contribution < 1.29 is 14.8 Å². The van der Waals surface area contributed by atoms with Crippen LogP contribution < -0.4 is 10.6 Å². The second-order valence-electron chi connectivity index (χ2n) is 4.61. The third-order valence-electron chi connectivity index (χ3n) is 3.25. The SMILES string of the molecule is CC1COC(CO)CN1c1cccc(N)c1[N+](=O)[O-]. The van der Waals surface area contributed by atoms with Gasteiger partial charge in [-0.1, -0.05) is 6.07 Å². The minimum Gasteiger partial charge on any atom is -0.394 e. The number of rotatable bonds is 3. The van der Waals surface area contributed by atoms with E-state index in [0.717, 1.165) is 0 Å². The van der Waals surface area contributed by atoms with Crippen molar-refractivity contribution in [3.8, 4) is 0 Å². The number of aliphatic hydroxyl groups excluding tert-OH is 1. The average Bonchev–Trinajstić information content (AvgIpc) is 2.38. The molecule has 3 N–H and O–H groups in total. The van der Waals surface area contributed by atoms with Gasteiger partial charge in [0.05, 0.1) is 24.2 Å². The van der Waals surface area contributed by atoms with Gasteiger partial charge in [0.15, 0.2) is 0 Å². The molecule has 1 heterocycles. The van der Waals surface area contributed by atoms with Gasteiger partial charge in [0, 0.05) is 12.6 Å². The lowest BCUT2D eigenvalue weighted by atomic mass is 10.1. The maximum Gasteiger partial charge on any atom is 0.315 e. The second-order valence-corrected chi connectivity index (χ2v) is 4.61. The van der Waals surface area contributed by atoms with Gasteiger partial charge in [0.25, 0.3) is 0 Å². The number of para-hydroxylation sites is 1. The topological polar surface area (TPSA) is 102 Å². The lowest BCUT2D eigenvalue weighted by Gasteiger charge is -2.38. The molecule has 2 rings (SSSR count). The molecule has 0 bridgehead atoms. The normalized spacial score (nSPS) is 23.4. The molecule has 1 fully saturated rings. The first kappa shape index (κ1) is 13.6. The number of aliphatic hydroxyl groups is 1. The van der Waals surface area contributed by atoms with Crippen molar-refractivity contribution in [3.05, 3.63) is 28.3 Å². The first-order valence-corrected chi connectivity index (χ1v) is 6.06. The lowest BCUT2D eigenvalue weighted by Crippen LogP contribution is -2.49. The van der Waals surface area contributed by atoms with Crippen LogP contribution in [0.1, 0.15) is 6.92 Å². The Morgan fingerprint density at radius 3 is 3.00 bits per heavy atom. The summed E-state index contributed by atoms with van der Waals surface area (Å²) in [6, 6.07) is 4.86. The van der Waals surface area contributed by atoms with E-state index in [2.05, 4.69) is 0 Å². The number of nitro benzene ring substituents is 1. The zero-order valence-electron chi connectivity index (χ0n) is 10.7. The Bertz CT molecular complexity index is 480. The van der Waals surface area contributed by atoms with Crippen LogP contribution in [0.15, 0.2) is 18.2 Å². The van der Waals surface area contributed by atoms with Crippen LogP contribution in [0.5, 0.6) is 0 Å². The molecule has 104 valence electrons. The zero-order chi connectivity index (χ0) is 14.0. The minimum absolute atomic E-state index is 0.0108. The summed E-state index contributed by atoms with van der Waals surface area (Å²) in [5, 5.41) is 20.3. The monoisotopic (exact) mass is 267 g/mol. The summed E-state index contributed by atoms with van der Waals surface area (Å²) in [5.74, 6) is 0. The number of anilines is 2. The van der Waals surface area contributed by atoms with E-state index >= 15 is 0 Å².